The SMILES string of the molecule is Cc1ccc(COCCC(C)C)cc1. The van der Waals surface area contributed by atoms with Crippen molar-refractivity contribution >= 4 is 0 Å². The van der Waals surface area contributed by atoms with Gasteiger partial charge in [-0.1, -0.05) is 43.7 Å². The van der Waals surface area contributed by atoms with Crippen molar-refractivity contribution < 1.29 is 4.74 Å². The van der Waals surface area contributed by atoms with Crippen molar-refractivity contribution in [2.24, 2.45) is 5.92 Å². The Bertz CT molecular complexity index is 248. The van der Waals surface area contributed by atoms with Crippen LogP contribution in [0.4, 0.5) is 0 Å². The number of hydrogen-bond acceptors (Lipinski definition) is 1. The molecule has 0 heterocycles. The first-order valence-electron chi connectivity index (χ1n) is 5.32. The molecule has 0 saturated carbocycles. The Kier molecular flexibility index (Phi) is 4.68. The largest absolute Gasteiger partial charge is 0.377 e. The summed E-state index contributed by atoms with van der Waals surface area (Å²) in [6.07, 6.45) is 1.14. The second-order valence-electron chi connectivity index (χ2n) is 4.22. The van der Waals surface area contributed by atoms with E-state index in [9.17, 15) is 0 Å². The fourth-order valence-corrected chi connectivity index (χ4v) is 1.19. The molecule has 1 heteroatoms. The minimum absolute atomic E-state index is 0.730. The fourth-order valence-electron chi connectivity index (χ4n) is 1.19. The lowest BCUT2D eigenvalue weighted by Gasteiger charge is -2.06. The maximum atomic E-state index is 5.57. The molecule has 1 aromatic carbocycles. The van der Waals surface area contributed by atoms with Crippen molar-refractivity contribution in [3.8, 4) is 0 Å². The van der Waals surface area contributed by atoms with Gasteiger partial charge in [0.2, 0.25) is 0 Å². The molecule has 78 valence electrons. The predicted octanol–water partition coefficient (Wildman–Crippen LogP) is 3.56. The summed E-state index contributed by atoms with van der Waals surface area (Å²) in [4.78, 5) is 0. The van der Waals surface area contributed by atoms with Gasteiger partial charge in [-0.3, -0.25) is 0 Å². The summed E-state index contributed by atoms with van der Waals surface area (Å²) in [6.45, 7) is 8.15. The third-order valence-corrected chi connectivity index (χ3v) is 2.23. The molecule has 0 spiro atoms. The standard InChI is InChI=1S/C13H20O/c1-11(2)8-9-14-10-13-6-4-12(3)5-7-13/h4-7,11H,8-10H2,1-3H3. The quantitative estimate of drug-likeness (QED) is 0.648. The molecule has 1 aromatic rings. The molecule has 0 aliphatic rings. The summed E-state index contributed by atoms with van der Waals surface area (Å²) >= 11 is 0. The van der Waals surface area contributed by atoms with Crippen LogP contribution in [0.25, 0.3) is 0 Å². The van der Waals surface area contributed by atoms with Gasteiger partial charge in [0.25, 0.3) is 0 Å². The molecule has 0 atom stereocenters. The Morgan fingerprint density at radius 2 is 1.79 bits per heavy atom. The van der Waals surface area contributed by atoms with Crippen molar-refractivity contribution in [3.63, 3.8) is 0 Å². The van der Waals surface area contributed by atoms with Gasteiger partial charge in [-0.15, -0.1) is 0 Å². The molecule has 0 bridgehead atoms. The molecule has 0 N–H and O–H groups in total. The zero-order valence-electron chi connectivity index (χ0n) is 9.42. The van der Waals surface area contributed by atoms with E-state index in [0.717, 1.165) is 25.6 Å². The lowest BCUT2D eigenvalue weighted by molar-refractivity contribution is 0.110. The van der Waals surface area contributed by atoms with Gasteiger partial charge in [-0.25, -0.2) is 0 Å². The predicted molar refractivity (Wildman–Crippen MR) is 60.3 cm³/mol. The highest BCUT2D eigenvalue weighted by Crippen LogP contribution is 2.06. The minimum Gasteiger partial charge on any atom is -0.377 e. The molecule has 0 amide bonds. The first-order valence-corrected chi connectivity index (χ1v) is 5.32. The molecule has 0 radical (unpaired) electrons. The number of benzene rings is 1. The Hall–Kier alpha value is -0.820. The lowest BCUT2D eigenvalue weighted by atomic mass is 10.1. The molecule has 0 saturated heterocycles. The summed E-state index contributed by atoms with van der Waals surface area (Å²) in [5, 5.41) is 0. The monoisotopic (exact) mass is 192 g/mol. The number of rotatable bonds is 5. The van der Waals surface area contributed by atoms with Gasteiger partial charge >= 0.3 is 0 Å². The van der Waals surface area contributed by atoms with Crippen LogP contribution in [-0.4, -0.2) is 6.61 Å². The third kappa shape index (κ3) is 4.43. The van der Waals surface area contributed by atoms with Gasteiger partial charge in [0.1, 0.15) is 0 Å². The van der Waals surface area contributed by atoms with Crippen molar-refractivity contribution in [3.05, 3.63) is 35.4 Å². The van der Waals surface area contributed by atoms with E-state index in [-0.39, 0.29) is 0 Å². The van der Waals surface area contributed by atoms with E-state index in [0.29, 0.717) is 0 Å². The van der Waals surface area contributed by atoms with E-state index in [2.05, 4.69) is 45.0 Å². The highest BCUT2D eigenvalue weighted by atomic mass is 16.5. The molecule has 0 aromatic heterocycles. The summed E-state index contributed by atoms with van der Waals surface area (Å²) in [7, 11) is 0. The second-order valence-corrected chi connectivity index (χ2v) is 4.22. The Labute approximate surface area is 87.1 Å². The van der Waals surface area contributed by atoms with Crippen molar-refractivity contribution in [1.82, 2.24) is 0 Å². The molecule has 0 fully saturated rings. The third-order valence-electron chi connectivity index (χ3n) is 2.23. The van der Waals surface area contributed by atoms with Crippen LogP contribution in [0.5, 0.6) is 0 Å². The van der Waals surface area contributed by atoms with Gasteiger partial charge < -0.3 is 4.74 Å². The van der Waals surface area contributed by atoms with Crippen LogP contribution in [0, 0.1) is 12.8 Å². The van der Waals surface area contributed by atoms with E-state index < -0.39 is 0 Å². The molecular formula is C13H20O. The molecule has 0 aliphatic carbocycles. The highest BCUT2D eigenvalue weighted by molar-refractivity contribution is 5.20. The van der Waals surface area contributed by atoms with Gasteiger partial charge in [0, 0.05) is 6.61 Å². The van der Waals surface area contributed by atoms with E-state index in [1.807, 2.05) is 0 Å². The summed E-state index contributed by atoms with van der Waals surface area (Å²) in [6, 6.07) is 8.51. The van der Waals surface area contributed by atoms with Crippen molar-refractivity contribution in [2.45, 2.75) is 33.8 Å². The van der Waals surface area contributed by atoms with Gasteiger partial charge in [0.05, 0.1) is 6.61 Å². The van der Waals surface area contributed by atoms with Crippen molar-refractivity contribution in [1.29, 1.82) is 0 Å². The smallest absolute Gasteiger partial charge is 0.0716 e. The van der Waals surface area contributed by atoms with Gasteiger partial charge in [0.15, 0.2) is 0 Å². The highest BCUT2D eigenvalue weighted by Gasteiger charge is 1.95. The molecule has 1 rings (SSSR count). The average Bonchev–Trinajstić information content (AvgIpc) is 2.15. The molecular weight excluding hydrogens is 172 g/mol. The fraction of sp³-hybridized carbons (Fsp3) is 0.538. The first-order chi connectivity index (χ1) is 6.68. The Morgan fingerprint density at radius 3 is 2.36 bits per heavy atom. The number of aryl methyl sites for hydroxylation is 1. The lowest BCUT2D eigenvalue weighted by Crippen LogP contribution is -1.99. The van der Waals surface area contributed by atoms with Crippen LogP contribution in [0.3, 0.4) is 0 Å². The van der Waals surface area contributed by atoms with Crippen LogP contribution in [0.1, 0.15) is 31.4 Å². The maximum absolute atomic E-state index is 5.57. The molecule has 0 aliphatic heterocycles. The first kappa shape index (κ1) is 11.3. The minimum atomic E-state index is 0.730. The molecule has 0 unspecified atom stereocenters. The van der Waals surface area contributed by atoms with Crippen LogP contribution < -0.4 is 0 Å². The van der Waals surface area contributed by atoms with Crippen LogP contribution in [-0.2, 0) is 11.3 Å². The van der Waals surface area contributed by atoms with Crippen LogP contribution in [0.15, 0.2) is 24.3 Å². The second kappa shape index (κ2) is 5.82. The summed E-state index contributed by atoms with van der Waals surface area (Å²) < 4.78 is 5.57. The van der Waals surface area contributed by atoms with Gasteiger partial charge in [-0.05, 0) is 24.8 Å². The van der Waals surface area contributed by atoms with E-state index in [4.69, 9.17) is 4.74 Å². The molecule has 1 nitrogen and oxygen atoms in total. The molecule has 14 heavy (non-hydrogen) atoms. The number of ether oxygens (including phenoxy) is 1. The van der Waals surface area contributed by atoms with Crippen molar-refractivity contribution in [2.75, 3.05) is 6.61 Å². The van der Waals surface area contributed by atoms with Crippen LogP contribution in [0.2, 0.25) is 0 Å². The summed E-state index contributed by atoms with van der Waals surface area (Å²) in [5.74, 6) is 0.730. The topological polar surface area (TPSA) is 9.23 Å². The maximum Gasteiger partial charge on any atom is 0.0716 e. The van der Waals surface area contributed by atoms with E-state index in [1.165, 1.54) is 11.1 Å². The zero-order chi connectivity index (χ0) is 10.4. The summed E-state index contributed by atoms with van der Waals surface area (Å²) in [5.41, 5.74) is 2.57. The van der Waals surface area contributed by atoms with Crippen LogP contribution >= 0.6 is 0 Å². The van der Waals surface area contributed by atoms with E-state index >= 15 is 0 Å². The normalized spacial score (nSPS) is 10.9. The zero-order valence-corrected chi connectivity index (χ0v) is 9.42. The average molecular weight is 192 g/mol. The Morgan fingerprint density at radius 1 is 1.14 bits per heavy atom. The van der Waals surface area contributed by atoms with Gasteiger partial charge in [-0.2, -0.15) is 0 Å². The van der Waals surface area contributed by atoms with E-state index in [1.54, 1.807) is 0 Å². The number of hydrogen-bond donors (Lipinski definition) is 0. The Balaban J connectivity index is 2.21.